The molecule has 0 amide bonds. The summed E-state index contributed by atoms with van der Waals surface area (Å²) in [7, 11) is 0. The largest absolute Gasteiger partial charge is 0.693 e. The number of rotatable bonds is 1. The molecule has 9 heavy (non-hydrogen) atoms. The normalized spacial score (nSPS) is 8.22. The maximum atomic E-state index is 6.76. The smallest absolute Gasteiger partial charge is 0 e. The van der Waals surface area contributed by atoms with Crippen molar-refractivity contribution in [3.8, 4) is 5.92 Å². The van der Waals surface area contributed by atoms with Gasteiger partial charge in [0.25, 0.3) is 0 Å². The fourth-order valence-electron chi connectivity index (χ4n) is 0.0884. The average Bonchev–Trinajstić information content (AvgIpc) is 1.68. The summed E-state index contributed by atoms with van der Waals surface area (Å²) in [6, 6.07) is 0. The maximum Gasteiger partial charge on any atom is 0 e. The maximum absolute atomic E-state index is 6.76. The molecule has 0 bridgehead atoms. The molecule has 0 aliphatic rings. The Morgan fingerprint density at radius 3 is 1.78 bits per heavy atom. The van der Waals surface area contributed by atoms with Gasteiger partial charge in [-0.1, -0.05) is 28.2 Å². The summed E-state index contributed by atoms with van der Waals surface area (Å²) in [6.45, 7) is 6.06. The summed E-state index contributed by atoms with van der Waals surface area (Å²) in [4.78, 5) is 0. The van der Waals surface area contributed by atoms with Gasteiger partial charge in [0.1, 0.15) is 0 Å². The van der Waals surface area contributed by atoms with E-state index < -0.39 is 0 Å². The van der Waals surface area contributed by atoms with Crippen molar-refractivity contribution < 1.29 is 18.6 Å². The van der Waals surface area contributed by atoms with E-state index in [9.17, 15) is 0 Å². The van der Waals surface area contributed by atoms with Crippen molar-refractivity contribution >= 4 is 0 Å². The van der Waals surface area contributed by atoms with Gasteiger partial charge in [-0.15, -0.1) is 0 Å². The third kappa shape index (κ3) is 8.14. The standard InChI is InChI=1S/C7H11.CH4.V/c1-5-7(3,4)6-2;;/h5H2,1,3-4H3;1H4;/q-1;;. The zero-order valence-electron chi connectivity index (χ0n) is 5.65. The predicted molar refractivity (Wildman–Crippen MR) is 37.9 cm³/mol. The minimum Gasteiger partial charge on any atom is -0.693 e. The Hall–Kier alpha value is 0.144. The van der Waals surface area contributed by atoms with E-state index >= 15 is 0 Å². The number of hydrogen-bond donors (Lipinski definition) is 0. The van der Waals surface area contributed by atoms with Crippen molar-refractivity contribution in [1.82, 2.24) is 0 Å². The molecule has 0 saturated heterocycles. The Bertz CT molecular complexity index is 87.2. The second-order valence-electron chi connectivity index (χ2n) is 2.36. The van der Waals surface area contributed by atoms with E-state index in [1.807, 2.05) is 13.8 Å². The Morgan fingerprint density at radius 1 is 1.44 bits per heavy atom. The Labute approximate surface area is 71.3 Å². The first-order chi connectivity index (χ1) is 3.12. The second-order valence-corrected chi connectivity index (χ2v) is 2.36. The van der Waals surface area contributed by atoms with Gasteiger partial charge in [-0.05, 0) is 11.8 Å². The summed E-state index contributed by atoms with van der Waals surface area (Å²) in [6.07, 6.45) is 7.75. The average molecular weight is 162 g/mol. The molecule has 0 aromatic rings. The van der Waals surface area contributed by atoms with Crippen LogP contribution in [0, 0.1) is 17.8 Å². The molecule has 0 aromatic carbocycles. The molecule has 53 valence electrons. The van der Waals surface area contributed by atoms with Crippen LogP contribution in [0.5, 0.6) is 0 Å². The van der Waals surface area contributed by atoms with Crippen molar-refractivity contribution in [3.05, 3.63) is 6.42 Å². The van der Waals surface area contributed by atoms with Crippen molar-refractivity contribution in [3.63, 3.8) is 0 Å². The Kier molecular flexibility index (Phi) is 11.2. The van der Waals surface area contributed by atoms with Gasteiger partial charge in [0.2, 0.25) is 0 Å². The van der Waals surface area contributed by atoms with Crippen molar-refractivity contribution in [2.45, 2.75) is 34.6 Å². The van der Waals surface area contributed by atoms with Crippen LogP contribution >= 0.6 is 0 Å². The molecule has 0 aromatic heterocycles. The van der Waals surface area contributed by atoms with E-state index in [1.54, 1.807) is 0 Å². The molecule has 0 N–H and O–H groups in total. The third-order valence-electron chi connectivity index (χ3n) is 1.22. The zero-order valence-corrected chi connectivity index (χ0v) is 7.05. The van der Waals surface area contributed by atoms with E-state index in [0.29, 0.717) is 0 Å². The van der Waals surface area contributed by atoms with Gasteiger partial charge in [-0.25, -0.2) is 0 Å². The molecule has 0 spiro atoms. The van der Waals surface area contributed by atoms with Gasteiger partial charge in [0.05, 0.1) is 0 Å². The Balaban J connectivity index is -0.000000180. The van der Waals surface area contributed by atoms with Gasteiger partial charge >= 0.3 is 0 Å². The molecule has 0 aliphatic heterocycles. The van der Waals surface area contributed by atoms with Crippen LogP contribution < -0.4 is 0 Å². The minimum absolute atomic E-state index is 0. The first kappa shape index (κ1) is 16.1. The predicted octanol–water partition coefficient (Wildman–Crippen LogP) is 2.65. The quantitative estimate of drug-likeness (QED) is 0.410. The SMILES string of the molecule is C.[C-]#CC(C)(C)CC.[V]. The number of hydrogen-bond acceptors (Lipinski definition) is 0. The summed E-state index contributed by atoms with van der Waals surface area (Å²) < 4.78 is 0. The van der Waals surface area contributed by atoms with Crippen LogP contribution in [0.2, 0.25) is 0 Å². The van der Waals surface area contributed by atoms with Crippen LogP contribution in [-0.2, 0) is 18.6 Å². The van der Waals surface area contributed by atoms with E-state index in [4.69, 9.17) is 6.42 Å². The van der Waals surface area contributed by atoms with E-state index in [0.717, 1.165) is 6.42 Å². The molecule has 0 fully saturated rings. The monoisotopic (exact) mass is 162 g/mol. The van der Waals surface area contributed by atoms with Crippen LogP contribution in [0.4, 0.5) is 0 Å². The summed E-state index contributed by atoms with van der Waals surface area (Å²) in [5, 5.41) is 0. The molecular formula is C8H15V-. The molecular weight excluding hydrogens is 147 g/mol. The van der Waals surface area contributed by atoms with Crippen molar-refractivity contribution in [2.75, 3.05) is 0 Å². The van der Waals surface area contributed by atoms with Gasteiger partial charge in [0, 0.05) is 18.6 Å². The summed E-state index contributed by atoms with van der Waals surface area (Å²) in [5.41, 5.74) is 0. The van der Waals surface area contributed by atoms with Crippen LogP contribution in [0.1, 0.15) is 34.6 Å². The van der Waals surface area contributed by atoms with E-state index in [-0.39, 0.29) is 31.4 Å². The van der Waals surface area contributed by atoms with Gasteiger partial charge in [-0.3, -0.25) is 0 Å². The molecule has 0 atom stereocenters. The first-order valence-electron chi connectivity index (χ1n) is 2.56. The molecule has 0 rings (SSSR count). The fraction of sp³-hybridized carbons (Fsp3) is 0.750. The van der Waals surface area contributed by atoms with E-state index in [1.165, 1.54) is 0 Å². The molecule has 1 heteroatoms. The molecule has 0 nitrogen and oxygen atoms in total. The van der Waals surface area contributed by atoms with Crippen LogP contribution in [-0.4, -0.2) is 0 Å². The van der Waals surface area contributed by atoms with Crippen LogP contribution in [0.15, 0.2) is 0 Å². The van der Waals surface area contributed by atoms with Gasteiger partial charge in [0.15, 0.2) is 0 Å². The molecule has 0 heterocycles. The fourth-order valence-corrected chi connectivity index (χ4v) is 0.0884. The van der Waals surface area contributed by atoms with Crippen LogP contribution in [0.25, 0.3) is 0 Å². The zero-order chi connectivity index (χ0) is 5.91. The Morgan fingerprint density at radius 2 is 1.78 bits per heavy atom. The summed E-state index contributed by atoms with van der Waals surface area (Å²) in [5.74, 6) is 2.44. The van der Waals surface area contributed by atoms with Crippen molar-refractivity contribution in [2.24, 2.45) is 5.41 Å². The topological polar surface area (TPSA) is 0 Å². The molecule has 0 aliphatic carbocycles. The summed E-state index contributed by atoms with van der Waals surface area (Å²) >= 11 is 0. The van der Waals surface area contributed by atoms with Crippen molar-refractivity contribution in [1.29, 1.82) is 0 Å². The second kappa shape index (κ2) is 6.27. The van der Waals surface area contributed by atoms with E-state index in [2.05, 4.69) is 12.8 Å². The molecule has 0 unspecified atom stereocenters. The van der Waals surface area contributed by atoms with Gasteiger partial charge in [-0.2, -0.15) is 0 Å². The minimum atomic E-state index is 0. The third-order valence-corrected chi connectivity index (χ3v) is 1.22. The van der Waals surface area contributed by atoms with Gasteiger partial charge < -0.3 is 12.3 Å². The first-order valence-corrected chi connectivity index (χ1v) is 2.56. The molecule has 0 saturated carbocycles. The van der Waals surface area contributed by atoms with Crippen LogP contribution in [0.3, 0.4) is 0 Å². The molecule has 1 radical (unpaired) electrons.